The van der Waals surface area contributed by atoms with Gasteiger partial charge in [-0.05, 0) is 0 Å². The quantitative estimate of drug-likeness (QED) is 0.458. The van der Waals surface area contributed by atoms with Crippen LogP contribution in [0, 0.1) is 0 Å². The molecule has 0 amide bonds. The maximum atomic E-state index is 12.6. The van der Waals surface area contributed by atoms with Crippen molar-refractivity contribution in [3.8, 4) is 5.75 Å². The fourth-order valence-electron chi connectivity index (χ4n) is 1.28. The normalized spacial score (nSPS) is 13.3. The lowest BCUT2D eigenvalue weighted by Gasteiger charge is -2.18. The first-order valence-corrected chi connectivity index (χ1v) is 7.47. The summed E-state index contributed by atoms with van der Waals surface area (Å²) in [5.41, 5.74) is -3.16. The topological polar surface area (TPSA) is 56.3 Å². The molecule has 21 heavy (non-hydrogen) atoms. The molecule has 0 saturated heterocycles. The van der Waals surface area contributed by atoms with Gasteiger partial charge in [0.05, 0.1) is 5.88 Å². The molecule has 120 valence electrons. The zero-order valence-electron chi connectivity index (χ0n) is 9.39. The van der Waals surface area contributed by atoms with Crippen LogP contribution >= 0.6 is 22.3 Å². The van der Waals surface area contributed by atoms with Gasteiger partial charge >= 0.3 is 12.5 Å². The maximum absolute atomic E-state index is 12.6. The number of hydrogen-bond acceptors (Lipinski definition) is 4. The van der Waals surface area contributed by atoms with E-state index in [1.807, 2.05) is 0 Å². The number of hydrogen-bond donors (Lipinski definition) is 0. The van der Waals surface area contributed by atoms with E-state index in [1.165, 1.54) is 0 Å². The van der Waals surface area contributed by atoms with E-state index in [-0.39, 0.29) is 6.20 Å². The molecule has 0 radical (unpaired) electrons. The molecule has 4 nitrogen and oxygen atoms in total. The second-order valence-corrected chi connectivity index (χ2v) is 6.20. The fraction of sp³-hybridized carbons (Fsp3) is 0.375. The third-order valence-electron chi connectivity index (χ3n) is 1.98. The minimum atomic E-state index is -5.52. The largest absolute Gasteiger partial charge is 0.573 e. The van der Waals surface area contributed by atoms with Crippen molar-refractivity contribution in [2.75, 3.05) is 0 Å². The summed E-state index contributed by atoms with van der Waals surface area (Å²) in [6.45, 7) is 0. The van der Waals surface area contributed by atoms with Gasteiger partial charge in [0.25, 0.3) is 9.05 Å². The monoisotopic (exact) mass is 377 g/mol. The fourth-order valence-corrected chi connectivity index (χ4v) is 2.66. The maximum Gasteiger partial charge on any atom is 0.573 e. The van der Waals surface area contributed by atoms with Crippen LogP contribution in [0.2, 0.25) is 0 Å². The molecule has 1 rings (SSSR count). The van der Waals surface area contributed by atoms with Gasteiger partial charge in [-0.25, -0.2) is 13.4 Å². The number of pyridine rings is 1. The molecule has 0 bridgehead atoms. The first-order chi connectivity index (χ1) is 9.27. The highest BCUT2D eigenvalue weighted by molar-refractivity contribution is 8.13. The Bertz CT molecular complexity index is 643. The minimum absolute atomic E-state index is 0.159. The first-order valence-electron chi connectivity index (χ1n) is 4.63. The Morgan fingerprint density at radius 3 is 2.05 bits per heavy atom. The van der Waals surface area contributed by atoms with Crippen LogP contribution in [0.3, 0.4) is 0 Å². The molecular formula is C8H3Cl2F6NO3S. The van der Waals surface area contributed by atoms with Crippen molar-refractivity contribution >= 4 is 31.3 Å². The summed E-state index contributed by atoms with van der Waals surface area (Å²) in [5, 5.41) is 0. The third kappa shape index (κ3) is 4.51. The van der Waals surface area contributed by atoms with Crippen molar-refractivity contribution in [2.24, 2.45) is 0 Å². The van der Waals surface area contributed by atoms with E-state index < -0.39 is 49.4 Å². The molecule has 0 fully saturated rings. The van der Waals surface area contributed by atoms with Gasteiger partial charge < -0.3 is 4.74 Å². The van der Waals surface area contributed by atoms with Crippen molar-refractivity contribution in [1.82, 2.24) is 4.98 Å². The van der Waals surface area contributed by atoms with E-state index >= 15 is 0 Å². The molecule has 0 unspecified atom stereocenters. The summed E-state index contributed by atoms with van der Waals surface area (Å²) in [6, 6.07) is 0. The molecule has 1 heterocycles. The van der Waals surface area contributed by atoms with Crippen LogP contribution < -0.4 is 4.74 Å². The average molecular weight is 378 g/mol. The summed E-state index contributed by atoms with van der Waals surface area (Å²) >= 11 is 5.23. The van der Waals surface area contributed by atoms with Crippen LogP contribution in [0.25, 0.3) is 0 Å². The number of halogens is 8. The summed E-state index contributed by atoms with van der Waals surface area (Å²) in [4.78, 5) is 1.53. The molecule has 0 aliphatic rings. The Balaban J connectivity index is 3.73. The van der Waals surface area contributed by atoms with Gasteiger partial charge in [0.15, 0.2) is 11.4 Å². The number of nitrogens with zero attached hydrogens (tertiary/aromatic N) is 1. The van der Waals surface area contributed by atoms with E-state index in [0.29, 0.717) is 0 Å². The van der Waals surface area contributed by atoms with E-state index in [1.54, 1.807) is 0 Å². The molecule has 0 aliphatic heterocycles. The smallest absolute Gasteiger partial charge is 0.403 e. The summed E-state index contributed by atoms with van der Waals surface area (Å²) in [5.74, 6) is -2.88. The van der Waals surface area contributed by atoms with Crippen LogP contribution in [0.4, 0.5) is 26.3 Å². The minimum Gasteiger partial charge on any atom is -0.403 e. The second kappa shape index (κ2) is 5.69. The Morgan fingerprint density at radius 2 is 1.71 bits per heavy atom. The molecule has 13 heteroatoms. The van der Waals surface area contributed by atoms with Crippen LogP contribution in [-0.4, -0.2) is 19.8 Å². The average Bonchev–Trinajstić information content (AvgIpc) is 2.23. The number of aromatic nitrogens is 1. The Kier molecular flexibility index (Phi) is 4.91. The zero-order chi connectivity index (χ0) is 16.6. The van der Waals surface area contributed by atoms with Gasteiger partial charge in [-0.2, -0.15) is 13.2 Å². The predicted molar refractivity (Wildman–Crippen MR) is 58.5 cm³/mol. The van der Waals surface area contributed by atoms with Crippen molar-refractivity contribution in [3.05, 3.63) is 17.5 Å². The Labute approximate surface area is 123 Å². The predicted octanol–water partition coefficient (Wildman–Crippen LogP) is 3.67. The SMILES string of the molecule is O=S(=O)(Cl)c1cnc(C(F)(F)F)c(OC(F)(F)F)c1CCl. The van der Waals surface area contributed by atoms with Crippen LogP contribution in [0.5, 0.6) is 5.75 Å². The van der Waals surface area contributed by atoms with Gasteiger partial charge in [0.2, 0.25) is 0 Å². The van der Waals surface area contributed by atoms with Gasteiger partial charge in [0, 0.05) is 22.4 Å². The van der Waals surface area contributed by atoms with Gasteiger partial charge in [-0.3, -0.25) is 0 Å². The highest BCUT2D eigenvalue weighted by Crippen LogP contribution is 2.42. The van der Waals surface area contributed by atoms with Crippen LogP contribution in [-0.2, 0) is 21.1 Å². The highest BCUT2D eigenvalue weighted by Gasteiger charge is 2.43. The van der Waals surface area contributed by atoms with Crippen molar-refractivity contribution in [3.63, 3.8) is 0 Å². The standard InChI is InChI=1S/C8H3Cl2F6NO3S/c9-1-3-4(21(10,18)19)2-17-6(7(11,12)13)5(3)20-8(14,15)16/h2H,1H2. The Morgan fingerprint density at radius 1 is 1.19 bits per heavy atom. The lowest BCUT2D eigenvalue weighted by molar-refractivity contribution is -0.276. The van der Waals surface area contributed by atoms with E-state index in [9.17, 15) is 34.8 Å². The van der Waals surface area contributed by atoms with Crippen molar-refractivity contribution < 1.29 is 39.5 Å². The highest BCUT2D eigenvalue weighted by atomic mass is 35.7. The molecular weight excluding hydrogens is 375 g/mol. The molecule has 1 aromatic heterocycles. The molecule has 1 aromatic rings. The second-order valence-electron chi connectivity index (χ2n) is 3.40. The zero-order valence-corrected chi connectivity index (χ0v) is 11.7. The molecule has 0 saturated carbocycles. The number of rotatable bonds is 3. The summed E-state index contributed by atoms with van der Waals surface area (Å²) in [7, 11) is 0.232. The molecule has 0 aliphatic carbocycles. The van der Waals surface area contributed by atoms with E-state index in [2.05, 4.69) is 9.72 Å². The van der Waals surface area contributed by atoms with Gasteiger partial charge in [0.1, 0.15) is 4.90 Å². The van der Waals surface area contributed by atoms with Gasteiger partial charge in [-0.15, -0.1) is 24.8 Å². The third-order valence-corrected chi connectivity index (χ3v) is 3.62. The number of alkyl halides is 7. The van der Waals surface area contributed by atoms with Crippen LogP contribution in [0.15, 0.2) is 11.1 Å². The Hall–Kier alpha value is -0.940. The molecule has 0 N–H and O–H groups in total. The number of ether oxygens (including phenoxy) is 1. The first kappa shape index (κ1) is 18.1. The lowest BCUT2D eigenvalue weighted by Crippen LogP contribution is -2.23. The molecule has 0 atom stereocenters. The lowest BCUT2D eigenvalue weighted by atomic mass is 10.2. The molecule has 0 spiro atoms. The van der Waals surface area contributed by atoms with Gasteiger partial charge in [-0.1, -0.05) is 0 Å². The van der Waals surface area contributed by atoms with Crippen LogP contribution in [0.1, 0.15) is 11.3 Å². The van der Waals surface area contributed by atoms with Crippen molar-refractivity contribution in [2.45, 2.75) is 23.3 Å². The summed E-state index contributed by atoms with van der Waals surface area (Å²) < 4.78 is 100. The van der Waals surface area contributed by atoms with Crippen molar-refractivity contribution in [1.29, 1.82) is 0 Å². The molecule has 0 aromatic carbocycles. The van der Waals surface area contributed by atoms with E-state index in [0.717, 1.165) is 0 Å². The van der Waals surface area contributed by atoms with E-state index in [4.69, 9.17) is 22.3 Å². The summed E-state index contributed by atoms with van der Waals surface area (Å²) in [6.07, 6.45) is -10.7.